The van der Waals surface area contributed by atoms with E-state index in [1.807, 2.05) is 29.6 Å². The first-order chi connectivity index (χ1) is 17.6. The second kappa shape index (κ2) is 7.32. The average Bonchev–Trinajstić information content (AvgIpc) is 3.40. The SMILES string of the molecule is CC1(C)c2cc(-c3cccc4c3oc3ccccc34)ccc2-c2ccc3c(c21)Sc1ccccc1S3. The number of para-hydroxylation sites is 2. The maximum Gasteiger partial charge on any atom is 0.143 e. The van der Waals surface area contributed by atoms with Crippen molar-refractivity contribution in [2.45, 2.75) is 38.8 Å². The van der Waals surface area contributed by atoms with Gasteiger partial charge < -0.3 is 4.42 Å². The fourth-order valence-electron chi connectivity index (χ4n) is 6.01. The summed E-state index contributed by atoms with van der Waals surface area (Å²) in [6.07, 6.45) is 0. The fourth-order valence-corrected chi connectivity index (χ4v) is 8.56. The number of furan rings is 1. The molecule has 0 saturated carbocycles. The highest BCUT2D eigenvalue weighted by Crippen LogP contribution is 2.58. The maximum absolute atomic E-state index is 6.37. The summed E-state index contributed by atoms with van der Waals surface area (Å²) in [6, 6.07) is 35.2. The predicted octanol–water partition coefficient (Wildman–Crippen LogP) is 10.2. The summed E-state index contributed by atoms with van der Waals surface area (Å²) in [5, 5.41) is 2.34. The molecule has 36 heavy (non-hydrogen) atoms. The molecule has 0 fully saturated rings. The van der Waals surface area contributed by atoms with E-state index in [4.69, 9.17) is 4.42 Å². The predicted molar refractivity (Wildman–Crippen MR) is 151 cm³/mol. The van der Waals surface area contributed by atoms with Crippen LogP contribution in [0.15, 0.2) is 121 Å². The lowest BCUT2D eigenvalue weighted by Crippen LogP contribution is -2.17. The Hall–Kier alpha value is -3.40. The van der Waals surface area contributed by atoms with Gasteiger partial charge in [0.1, 0.15) is 11.2 Å². The third-order valence-corrected chi connectivity index (χ3v) is 10.3. The number of benzene rings is 5. The van der Waals surface area contributed by atoms with Gasteiger partial charge in [0.15, 0.2) is 0 Å². The molecule has 1 nitrogen and oxygen atoms in total. The van der Waals surface area contributed by atoms with Crippen LogP contribution < -0.4 is 0 Å². The van der Waals surface area contributed by atoms with Crippen molar-refractivity contribution in [2.75, 3.05) is 0 Å². The molecule has 0 radical (unpaired) electrons. The Balaban J connectivity index is 1.31. The Labute approximate surface area is 218 Å². The molecule has 0 N–H and O–H groups in total. The minimum atomic E-state index is -0.0896. The van der Waals surface area contributed by atoms with Gasteiger partial charge in [0.05, 0.1) is 0 Å². The highest BCUT2D eigenvalue weighted by atomic mass is 32.2. The van der Waals surface area contributed by atoms with Crippen molar-refractivity contribution in [3.8, 4) is 22.3 Å². The quantitative estimate of drug-likeness (QED) is 0.223. The zero-order chi connectivity index (χ0) is 24.0. The van der Waals surface area contributed by atoms with Crippen LogP contribution in [-0.4, -0.2) is 0 Å². The van der Waals surface area contributed by atoms with Crippen molar-refractivity contribution in [3.05, 3.63) is 108 Å². The molecule has 172 valence electrons. The summed E-state index contributed by atoms with van der Waals surface area (Å²) in [6.45, 7) is 4.77. The van der Waals surface area contributed by atoms with E-state index >= 15 is 0 Å². The zero-order valence-corrected chi connectivity index (χ0v) is 21.6. The summed E-state index contributed by atoms with van der Waals surface area (Å²) in [5.41, 5.74) is 9.75. The van der Waals surface area contributed by atoms with Crippen LogP contribution in [-0.2, 0) is 5.41 Å². The van der Waals surface area contributed by atoms with Crippen LogP contribution in [0.1, 0.15) is 25.0 Å². The smallest absolute Gasteiger partial charge is 0.143 e. The van der Waals surface area contributed by atoms with Crippen LogP contribution in [0.3, 0.4) is 0 Å². The molecule has 0 amide bonds. The van der Waals surface area contributed by atoms with E-state index in [1.54, 1.807) is 0 Å². The summed E-state index contributed by atoms with van der Waals surface area (Å²) in [5.74, 6) is 0. The molecule has 3 heteroatoms. The van der Waals surface area contributed by atoms with Crippen LogP contribution in [0.2, 0.25) is 0 Å². The van der Waals surface area contributed by atoms with Gasteiger partial charge in [-0.05, 0) is 58.1 Å². The van der Waals surface area contributed by atoms with Crippen molar-refractivity contribution < 1.29 is 4.42 Å². The van der Waals surface area contributed by atoms with Gasteiger partial charge in [0.2, 0.25) is 0 Å². The van der Waals surface area contributed by atoms with Crippen LogP contribution in [0.25, 0.3) is 44.2 Å². The highest BCUT2D eigenvalue weighted by molar-refractivity contribution is 8.05. The second-order valence-electron chi connectivity index (χ2n) is 10.1. The molecular weight excluding hydrogens is 476 g/mol. The van der Waals surface area contributed by atoms with Gasteiger partial charge in [0.25, 0.3) is 0 Å². The number of hydrogen-bond donors (Lipinski definition) is 0. The summed E-state index contributed by atoms with van der Waals surface area (Å²) < 4.78 is 6.37. The molecule has 6 aromatic rings. The van der Waals surface area contributed by atoms with Crippen LogP contribution >= 0.6 is 23.5 Å². The third kappa shape index (κ3) is 2.76. The van der Waals surface area contributed by atoms with Crippen molar-refractivity contribution in [1.29, 1.82) is 0 Å². The third-order valence-electron chi connectivity index (χ3n) is 7.73. The number of fused-ring (bicyclic) bond motifs is 9. The van der Waals surface area contributed by atoms with E-state index in [-0.39, 0.29) is 5.41 Å². The van der Waals surface area contributed by atoms with Gasteiger partial charge >= 0.3 is 0 Å². The van der Waals surface area contributed by atoms with Gasteiger partial charge in [-0.3, -0.25) is 0 Å². The Morgan fingerprint density at radius 2 is 1.36 bits per heavy atom. The topological polar surface area (TPSA) is 13.1 Å². The molecule has 5 aromatic carbocycles. The number of rotatable bonds is 1. The number of hydrogen-bond acceptors (Lipinski definition) is 3. The summed E-state index contributed by atoms with van der Waals surface area (Å²) in [7, 11) is 0. The second-order valence-corrected chi connectivity index (χ2v) is 12.3. The average molecular weight is 499 g/mol. The molecular formula is C33H22OS2. The van der Waals surface area contributed by atoms with E-state index < -0.39 is 0 Å². The first-order valence-corrected chi connectivity index (χ1v) is 13.9. The Morgan fingerprint density at radius 3 is 2.25 bits per heavy atom. The zero-order valence-electron chi connectivity index (χ0n) is 20.0. The van der Waals surface area contributed by atoms with Gasteiger partial charge in [0, 0.05) is 41.3 Å². The molecule has 0 spiro atoms. The molecule has 1 aromatic heterocycles. The Morgan fingerprint density at radius 1 is 0.611 bits per heavy atom. The lowest BCUT2D eigenvalue weighted by Gasteiger charge is -2.28. The Kier molecular flexibility index (Phi) is 4.22. The van der Waals surface area contributed by atoms with E-state index in [1.165, 1.54) is 58.2 Å². The molecule has 2 heterocycles. The van der Waals surface area contributed by atoms with Gasteiger partial charge in [-0.1, -0.05) is 104 Å². The molecule has 1 aliphatic carbocycles. The molecule has 2 aliphatic rings. The lowest BCUT2D eigenvalue weighted by atomic mass is 9.81. The van der Waals surface area contributed by atoms with Crippen LogP contribution in [0, 0.1) is 0 Å². The molecule has 0 bridgehead atoms. The molecule has 0 unspecified atom stereocenters. The molecule has 0 saturated heterocycles. The van der Waals surface area contributed by atoms with Crippen LogP contribution in [0.5, 0.6) is 0 Å². The van der Waals surface area contributed by atoms with Gasteiger partial charge in [-0.2, -0.15) is 0 Å². The van der Waals surface area contributed by atoms with E-state index in [0.717, 1.165) is 16.7 Å². The fraction of sp³-hybridized carbons (Fsp3) is 0.0909. The monoisotopic (exact) mass is 498 g/mol. The normalized spacial score (nSPS) is 14.9. The van der Waals surface area contributed by atoms with Crippen molar-refractivity contribution in [3.63, 3.8) is 0 Å². The minimum Gasteiger partial charge on any atom is -0.455 e. The first-order valence-electron chi connectivity index (χ1n) is 12.3. The molecule has 8 rings (SSSR count). The van der Waals surface area contributed by atoms with Gasteiger partial charge in [-0.15, -0.1) is 0 Å². The van der Waals surface area contributed by atoms with Crippen molar-refractivity contribution >= 4 is 45.5 Å². The summed E-state index contributed by atoms with van der Waals surface area (Å²) in [4.78, 5) is 5.49. The standard InChI is InChI=1S/C33H22OS2/c1-33(2)25-18-19(20-9-7-10-24-22-8-3-4-11-26(22)34-31(20)24)14-15-21(25)23-16-17-29-32(30(23)33)36-28-13-6-5-12-27(28)35-29/h3-18H,1-2H3. The summed E-state index contributed by atoms with van der Waals surface area (Å²) >= 11 is 3.83. The maximum atomic E-state index is 6.37. The Bertz CT molecular complexity index is 1880. The molecule has 1 aliphatic heterocycles. The lowest BCUT2D eigenvalue weighted by molar-refractivity contribution is 0.642. The van der Waals surface area contributed by atoms with E-state index in [2.05, 4.69) is 105 Å². The van der Waals surface area contributed by atoms with Crippen LogP contribution in [0.4, 0.5) is 0 Å². The van der Waals surface area contributed by atoms with E-state index in [0.29, 0.717) is 0 Å². The van der Waals surface area contributed by atoms with Gasteiger partial charge in [-0.25, -0.2) is 0 Å². The van der Waals surface area contributed by atoms with Crippen molar-refractivity contribution in [2.24, 2.45) is 0 Å². The van der Waals surface area contributed by atoms with Crippen molar-refractivity contribution in [1.82, 2.24) is 0 Å². The van der Waals surface area contributed by atoms with E-state index in [9.17, 15) is 0 Å². The minimum absolute atomic E-state index is 0.0896. The first kappa shape index (κ1) is 20.8. The molecule has 0 atom stereocenters. The highest BCUT2D eigenvalue weighted by Gasteiger charge is 2.39. The largest absolute Gasteiger partial charge is 0.455 e.